The number of anilines is 1. The highest BCUT2D eigenvalue weighted by Crippen LogP contribution is 2.41. The maximum absolute atomic E-state index is 12.6. The first-order valence-corrected chi connectivity index (χ1v) is 9.01. The van der Waals surface area contributed by atoms with Crippen LogP contribution < -0.4 is 5.32 Å². The predicted octanol–water partition coefficient (Wildman–Crippen LogP) is 3.33. The molecule has 0 spiro atoms. The first-order valence-electron chi connectivity index (χ1n) is 7.78. The summed E-state index contributed by atoms with van der Waals surface area (Å²) in [5, 5.41) is 8.67. The SMILES string of the molecule is CSc1nc2n(n1)[C@H](c1ccccc1C)C1=C(CCCC1=O)N2. The van der Waals surface area contributed by atoms with Gasteiger partial charge in [0, 0.05) is 17.7 Å². The molecule has 1 aliphatic heterocycles. The van der Waals surface area contributed by atoms with Gasteiger partial charge in [-0.05, 0) is 37.1 Å². The van der Waals surface area contributed by atoms with Gasteiger partial charge in [-0.15, -0.1) is 5.10 Å². The average Bonchev–Trinajstić information content (AvgIpc) is 2.97. The Labute approximate surface area is 139 Å². The number of nitrogens with zero attached hydrogens (tertiary/aromatic N) is 3. The lowest BCUT2D eigenvalue weighted by molar-refractivity contribution is -0.116. The van der Waals surface area contributed by atoms with Crippen LogP contribution in [0.5, 0.6) is 0 Å². The molecule has 0 radical (unpaired) electrons. The lowest BCUT2D eigenvalue weighted by Gasteiger charge is -2.32. The molecule has 2 heterocycles. The minimum Gasteiger partial charge on any atom is -0.328 e. The number of carbonyl (C=O) groups is 1. The van der Waals surface area contributed by atoms with Crippen molar-refractivity contribution in [3.05, 3.63) is 46.7 Å². The number of nitrogens with one attached hydrogen (secondary N) is 1. The number of ketones is 1. The Kier molecular flexibility index (Phi) is 3.49. The smallest absolute Gasteiger partial charge is 0.227 e. The molecule has 0 saturated carbocycles. The van der Waals surface area contributed by atoms with Crippen LogP contribution in [-0.2, 0) is 4.79 Å². The van der Waals surface area contributed by atoms with Crippen molar-refractivity contribution in [2.24, 2.45) is 0 Å². The maximum Gasteiger partial charge on any atom is 0.227 e. The molecule has 1 N–H and O–H groups in total. The number of Topliss-reactive ketones (excluding diaryl/α,β-unsaturated/α-hetero) is 1. The van der Waals surface area contributed by atoms with E-state index >= 15 is 0 Å². The Bertz CT molecular complexity index is 824. The molecule has 1 aliphatic carbocycles. The minimum absolute atomic E-state index is 0.177. The van der Waals surface area contributed by atoms with Gasteiger partial charge in [-0.3, -0.25) is 4.79 Å². The number of fused-ring (bicyclic) bond motifs is 1. The van der Waals surface area contributed by atoms with E-state index in [9.17, 15) is 4.79 Å². The third-order valence-corrected chi connectivity index (χ3v) is 5.05. The highest BCUT2D eigenvalue weighted by molar-refractivity contribution is 7.98. The van der Waals surface area contributed by atoms with E-state index in [0.29, 0.717) is 6.42 Å². The summed E-state index contributed by atoms with van der Waals surface area (Å²) in [6.45, 7) is 2.08. The van der Waals surface area contributed by atoms with Crippen molar-refractivity contribution in [2.45, 2.75) is 37.4 Å². The molecule has 1 atom stereocenters. The molecular weight excluding hydrogens is 308 g/mol. The van der Waals surface area contributed by atoms with Gasteiger partial charge in [0.05, 0.1) is 0 Å². The van der Waals surface area contributed by atoms with E-state index in [1.54, 1.807) is 0 Å². The second-order valence-electron chi connectivity index (χ2n) is 5.92. The minimum atomic E-state index is -0.177. The number of allylic oxidation sites excluding steroid dienone is 2. The van der Waals surface area contributed by atoms with Gasteiger partial charge in [0.1, 0.15) is 6.04 Å². The van der Waals surface area contributed by atoms with E-state index in [2.05, 4.69) is 34.5 Å². The largest absolute Gasteiger partial charge is 0.328 e. The summed E-state index contributed by atoms with van der Waals surface area (Å²) >= 11 is 1.51. The van der Waals surface area contributed by atoms with E-state index < -0.39 is 0 Å². The van der Waals surface area contributed by atoms with Crippen molar-refractivity contribution < 1.29 is 4.79 Å². The molecule has 6 heteroatoms. The molecule has 0 unspecified atom stereocenters. The Morgan fingerprint density at radius 2 is 2.13 bits per heavy atom. The van der Waals surface area contributed by atoms with Crippen LogP contribution >= 0.6 is 11.8 Å². The molecule has 0 saturated heterocycles. The van der Waals surface area contributed by atoms with Crippen molar-refractivity contribution in [1.82, 2.24) is 14.8 Å². The molecule has 4 rings (SSSR count). The Hall–Kier alpha value is -2.08. The summed E-state index contributed by atoms with van der Waals surface area (Å²) in [5.41, 5.74) is 4.16. The summed E-state index contributed by atoms with van der Waals surface area (Å²) in [6.07, 6.45) is 4.37. The summed E-state index contributed by atoms with van der Waals surface area (Å²) in [5.74, 6) is 0.954. The predicted molar refractivity (Wildman–Crippen MR) is 90.6 cm³/mol. The zero-order valence-corrected chi connectivity index (χ0v) is 14.0. The molecule has 1 aromatic heterocycles. The number of thioether (sulfide) groups is 1. The van der Waals surface area contributed by atoms with Gasteiger partial charge < -0.3 is 5.32 Å². The molecule has 0 amide bonds. The standard InChI is InChI=1S/C17H18N4OS/c1-10-6-3-4-7-11(10)15-14-12(8-5-9-13(14)22)18-16-19-17(23-2)20-21(15)16/h3-4,6-7,15H,5,8-9H2,1-2H3,(H,18,19,20)/t15-/m1/s1. The van der Waals surface area contributed by atoms with Crippen molar-refractivity contribution in [3.8, 4) is 0 Å². The summed E-state index contributed by atoms with van der Waals surface area (Å²) in [7, 11) is 0. The van der Waals surface area contributed by atoms with Gasteiger partial charge >= 0.3 is 0 Å². The normalized spacial score (nSPS) is 20.1. The molecule has 23 heavy (non-hydrogen) atoms. The number of carbonyl (C=O) groups excluding carboxylic acids is 1. The third-order valence-electron chi connectivity index (χ3n) is 4.51. The number of aryl methyl sites for hydroxylation is 1. The Balaban J connectivity index is 1.95. The van der Waals surface area contributed by atoms with Crippen LogP contribution in [0.1, 0.15) is 36.4 Å². The van der Waals surface area contributed by atoms with Gasteiger partial charge in [0.2, 0.25) is 11.1 Å². The summed E-state index contributed by atoms with van der Waals surface area (Å²) in [6, 6.07) is 8.03. The fraction of sp³-hybridized carbons (Fsp3) is 0.353. The lowest BCUT2D eigenvalue weighted by Crippen LogP contribution is -2.31. The monoisotopic (exact) mass is 326 g/mol. The van der Waals surface area contributed by atoms with Gasteiger partial charge in [0.15, 0.2) is 5.78 Å². The highest BCUT2D eigenvalue weighted by Gasteiger charge is 2.37. The van der Waals surface area contributed by atoms with Crippen molar-refractivity contribution in [3.63, 3.8) is 0 Å². The van der Waals surface area contributed by atoms with Crippen LogP contribution in [0.2, 0.25) is 0 Å². The van der Waals surface area contributed by atoms with Crippen LogP contribution in [0.25, 0.3) is 0 Å². The fourth-order valence-electron chi connectivity index (χ4n) is 3.40. The molecule has 118 valence electrons. The van der Waals surface area contributed by atoms with Crippen LogP contribution in [0, 0.1) is 6.92 Å². The van der Waals surface area contributed by atoms with E-state index in [4.69, 9.17) is 0 Å². The molecule has 2 aliphatic rings. The van der Waals surface area contributed by atoms with E-state index in [1.165, 1.54) is 11.8 Å². The topological polar surface area (TPSA) is 59.8 Å². The van der Waals surface area contributed by atoms with Gasteiger partial charge in [0.25, 0.3) is 0 Å². The number of benzene rings is 1. The van der Waals surface area contributed by atoms with Crippen LogP contribution in [0.15, 0.2) is 40.7 Å². The van der Waals surface area contributed by atoms with E-state index in [-0.39, 0.29) is 11.8 Å². The van der Waals surface area contributed by atoms with Gasteiger partial charge in [-0.1, -0.05) is 36.0 Å². The average molecular weight is 326 g/mol. The maximum atomic E-state index is 12.6. The van der Waals surface area contributed by atoms with Gasteiger partial charge in [-0.2, -0.15) is 4.98 Å². The Morgan fingerprint density at radius 1 is 1.30 bits per heavy atom. The van der Waals surface area contributed by atoms with Crippen molar-refractivity contribution in [2.75, 3.05) is 11.6 Å². The van der Waals surface area contributed by atoms with Crippen LogP contribution in [0.4, 0.5) is 5.95 Å². The first-order chi connectivity index (χ1) is 11.2. The second kappa shape index (κ2) is 5.53. The number of aromatic nitrogens is 3. The highest BCUT2D eigenvalue weighted by atomic mass is 32.2. The summed E-state index contributed by atoms with van der Waals surface area (Å²) in [4.78, 5) is 17.2. The number of hydrogen-bond acceptors (Lipinski definition) is 5. The molecule has 1 aromatic carbocycles. The fourth-order valence-corrected chi connectivity index (χ4v) is 3.75. The molecular formula is C17H18N4OS. The van der Waals surface area contributed by atoms with Gasteiger partial charge in [-0.25, -0.2) is 4.68 Å². The molecule has 2 aromatic rings. The number of rotatable bonds is 2. The van der Waals surface area contributed by atoms with E-state index in [1.807, 2.05) is 23.1 Å². The molecule has 0 fully saturated rings. The van der Waals surface area contributed by atoms with Crippen LogP contribution in [-0.4, -0.2) is 26.8 Å². The first kappa shape index (κ1) is 14.5. The van der Waals surface area contributed by atoms with Crippen molar-refractivity contribution >= 4 is 23.5 Å². The quantitative estimate of drug-likeness (QED) is 0.858. The zero-order chi connectivity index (χ0) is 16.0. The van der Waals surface area contributed by atoms with E-state index in [0.717, 1.165) is 46.3 Å². The number of hydrogen-bond donors (Lipinski definition) is 1. The van der Waals surface area contributed by atoms with Crippen molar-refractivity contribution in [1.29, 1.82) is 0 Å². The second-order valence-corrected chi connectivity index (χ2v) is 6.69. The molecule has 0 bridgehead atoms. The Morgan fingerprint density at radius 3 is 2.91 bits per heavy atom. The lowest BCUT2D eigenvalue weighted by atomic mass is 9.84. The van der Waals surface area contributed by atoms with Crippen LogP contribution in [0.3, 0.4) is 0 Å². The zero-order valence-electron chi connectivity index (χ0n) is 13.2. The summed E-state index contributed by atoms with van der Waals surface area (Å²) < 4.78 is 1.87. The third kappa shape index (κ3) is 2.28. The molecule has 5 nitrogen and oxygen atoms in total.